The molecule has 2 rings (SSSR count). The number of rotatable bonds is 3. The van der Waals surface area contributed by atoms with Gasteiger partial charge in [0.1, 0.15) is 29.6 Å². The van der Waals surface area contributed by atoms with Crippen LogP contribution < -0.4 is 0 Å². The second-order valence-electron chi connectivity index (χ2n) is 5.11. The van der Waals surface area contributed by atoms with E-state index in [1.165, 1.54) is 24.3 Å². The Bertz CT molecular complexity index is 572. The summed E-state index contributed by atoms with van der Waals surface area (Å²) in [5.41, 5.74) is -0.151. The number of aliphatic hydroxyl groups excluding tert-OH is 3. The quantitative estimate of drug-likeness (QED) is 0.452. The summed E-state index contributed by atoms with van der Waals surface area (Å²) >= 11 is 0. The molecule has 2 unspecified atom stereocenters. The number of benzene rings is 1. The Morgan fingerprint density at radius 2 is 1.68 bits per heavy atom. The SMILES string of the molecule is O=C(O[C@@H]1CC(C(=O)O)C(O)[C@@H](O)[C@@H]1O)c1ccccc1O. The fourth-order valence-corrected chi connectivity index (χ4v) is 2.40. The maximum Gasteiger partial charge on any atom is 0.342 e. The third-order valence-corrected chi connectivity index (χ3v) is 3.68. The number of phenols is 1. The molecule has 1 aliphatic rings. The Balaban J connectivity index is 2.16. The summed E-state index contributed by atoms with van der Waals surface area (Å²) in [6, 6.07) is 5.56. The van der Waals surface area contributed by atoms with E-state index in [1.807, 2.05) is 0 Å². The summed E-state index contributed by atoms with van der Waals surface area (Å²) in [6.07, 6.45) is -6.70. The van der Waals surface area contributed by atoms with Crippen molar-refractivity contribution in [2.75, 3.05) is 0 Å². The van der Waals surface area contributed by atoms with Crippen LogP contribution in [0.15, 0.2) is 24.3 Å². The second kappa shape index (κ2) is 6.30. The van der Waals surface area contributed by atoms with Crippen molar-refractivity contribution in [3.05, 3.63) is 29.8 Å². The molecule has 1 aromatic carbocycles. The van der Waals surface area contributed by atoms with Crippen LogP contribution in [-0.2, 0) is 9.53 Å². The van der Waals surface area contributed by atoms with Crippen LogP contribution in [0.1, 0.15) is 16.8 Å². The van der Waals surface area contributed by atoms with Crippen LogP contribution in [0.4, 0.5) is 0 Å². The van der Waals surface area contributed by atoms with E-state index in [0.717, 1.165) is 0 Å². The van der Waals surface area contributed by atoms with Gasteiger partial charge in [-0.15, -0.1) is 0 Å². The first-order chi connectivity index (χ1) is 10.3. The van der Waals surface area contributed by atoms with Gasteiger partial charge in [0.25, 0.3) is 0 Å². The highest BCUT2D eigenvalue weighted by molar-refractivity contribution is 5.92. The molecule has 0 aliphatic heterocycles. The molecule has 5 atom stereocenters. The molecule has 8 nitrogen and oxygen atoms in total. The minimum Gasteiger partial charge on any atom is -0.507 e. The van der Waals surface area contributed by atoms with Gasteiger partial charge >= 0.3 is 11.9 Å². The Labute approximate surface area is 125 Å². The van der Waals surface area contributed by atoms with Crippen LogP contribution in [0.3, 0.4) is 0 Å². The van der Waals surface area contributed by atoms with E-state index in [2.05, 4.69) is 0 Å². The number of esters is 1. The topological polar surface area (TPSA) is 145 Å². The standard InChI is InChI=1S/C14H16O8/c15-8-4-2-1-3-6(8)14(21)22-9-5-7(13(19)20)10(16)12(18)11(9)17/h1-4,7,9-12,15-18H,5H2,(H,19,20)/t7?,9-,10?,11-,12-/m1/s1. The van der Waals surface area contributed by atoms with Gasteiger partial charge in [-0.3, -0.25) is 4.79 Å². The van der Waals surface area contributed by atoms with Gasteiger partial charge in [-0.05, 0) is 12.1 Å². The van der Waals surface area contributed by atoms with Gasteiger partial charge in [0.2, 0.25) is 0 Å². The number of para-hydroxylation sites is 1. The summed E-state index contributed by atoms with van der Waals surface area (Å²) in [7, 11) is 0. The molecule has 120 valence electrons. The molecule has 0 heterocycles. The van der Waals surface area contributed by atoms with E-state index in [9.17, 15) is 30.0 Å². The molecule has 22 heavy (non-hydrogen) atoms. The molecule has 5 N–H and O–H groups in total. The number of aliphatic hydroxyl groups is 3. The molecule has 1 fully saturated rings. The first-order valence-corrected chi connectivity index (χ1v) is 6.59. The molecular formula is C14H16O8. The second-order valence-corrected chi connectivity index (χ2v) is 5.11. The molecule has 0 aromatic heterocycles. The number of hydrogen-bond donors (Lipinski definition) is 5. The Kier molecular flexibility index (Phi) is 4.65. The van der Waals surface area contributed by atoms with E-state index < -0.39 is 42.3 Å². The Morgan fingerprint density at radius 1 is 1.05 bits per heavy atom. The number of aromatic hydroxyl groups is 1. The Morgan fingerprint density at radius 3 is 2.27 bits per heavy atom. The van der Waals surface area contributed by atoms with Gasteiger partial charge in [-0.25, -0.2) is 4.79 Å². The lowest BCUT2D eigenvalue weighted by Crippen LogP contribution is -2.56. The van der Waals surface area contributed by atoms with Gasteiger partial charge in [-0.2, -0.15) is 0 Å². The third-order valence-electron chi connectivity index (χ3n) is 3.68. The van der Waals surface area contributed by atoms with Gasteiger partial charge in [0.05, 0.1) is 12.0 Å². The summed E-state index contributed by atoms with van der Waals surface area (Å²) < 4.78 is 4.99. The van der Waals surface area contributed by atoms with Crippen molar-refractivity contribution >= 4 is 11.9 Å². The minimum absolute atomic E-state index is 0.151. The lowest BCUT2D eigenvalue weighted by molar-refractivity contribution is -0.178. The third kappa shape index (κ3) is 3.03. The molecule has 1 saturated carbocycles. The predicted molar refractivity (Wildman–Crippen MR) is 71.1 cm³/mol. The van der Waals surface area contributed by atoms with E-state index in [4.69, 9.17) is 9.84 Å². The van der Waals surface area contributed by atoms with Crippen LogP contribution in [0.5, 0.6) is 5.75 Å². The van der Waals surface area contributed by atoms with E-state index >= 15 is 0 Å². The van der Waals surface area contributed by atoms with E-state index in [-0.39, 0.29) is 17.7 Å². The van der Waals surface area contributed by atoms with Gasteiger partial charge in [0.15, 0.2) is 0 Å². The largest absolute Gasteiger partial charge is 0.507 e. The summed E-state index contributed by atoms with van der Waals surface area (Å²) in [4.78, 5) is 23.0. The number of ether oxygens (including phenoxy) is 1. The fraction of sp³-hybridized carbons (Fsp3) is 0.429. The van der Waals surface area contributed by atoms with Crippen molar-refractivity contribution in [2.24, 2.45) is 5.92 Å². The number of hydrogen-bond acceptors (Lipinski definition) is 7. The predicted octanol–water partition coefficient (Wildman–Crippen LogP) is -0.895. The smallest absolute Gasteiger partial charge is 0.342 e. The molecule has 0 spiro atoms. The van der Waals surface area contributed by atoms with Gasteiger partial charge in [-0.1, -0.05) is 12.1 Å². The van der Waals surface area contributed by atoms with Crippen molar-refractivity contribution in [2.45, 2.75) is 30.8 Å². The van der Waals surface area contributed by atoms with Crippen LogP contribution in [0.25, 0.3) is 0 Å². The lowest BCUT2D eigenvalue weighted by atomic mass is 9.81. The number of carboxylic acid groups (broad SMARTS) is 1. The molecule has 8 heteroatoms. The maximum absolute atomic E-state index is 12.0. The maximum atomic E-state index is 12.0. The molecule has 0 amide bonds. The number of carbonyl (C=O) groups is 2. The monoisotopic (exact) mass is 312 g/mol. The van der Waals surface area contributed by atoms with Crippen molar-refractivity contribution in [1.29, 1.82) is 0 Å². The average molecular weight is 312 g/mol. The summed E-state index contributed by atoms with van der Waals surface area (Å²) in [5.74, 6) is -4.04. The number of carboxylic acids is 1. The van der Waals surface area contributed by atoms with E-state index in [1.54, 1.807) is 0 Å². The van der Waals surface area contributed by atoms with Crippen LogP contribution in [0, 0.1) is 5.92 Å². The summed E-state index contributed by atoms with van der Waals surface area (Å²) in [5, 5.41) is 47.7. The molecule has 1 aromatic rings. The van der Waals surface area contributed by atoms with Crippen molar-refractivity contribution in [3.63, 3.8) is 0 Å². The first kappa shape index (κ1) is 16.2. The fourth-order valence-electron chi connectivity index (χ4n) is 2.40. The molecular weight excluding hydrogens is 296 g/mol. The van der Waals surface area contributed by atoms with Crippen LogP contribution in [-0.4, -0.2) is 61.9 Å². The zero-order valence-corrected chi connectivity index (χ0v) is 11.4. The van der Waals surface area contributed by atoms with Gasteiger partial charge < -0.3 is 30.3 Å². The zero-order chi connectivity index (χ0) is 16.4. The first-order valence-electron chi connectivity index (χ1n) is 6.59. The average Bonchev–Trinajstić information content (AvgIpc) is 2.47. The molecule has 0 bridgehead atoms. The molecule has 1 aliphatic carbocycles. The number of phenolic OH excluding ortho intramolecular Hbond substituents is 1. The normalized spacial score (nSPS) is 31.5. The zero-order valence-electron chi connectivity index (χ0n) is 11.4. The Hall–Kier alpha value is -2.16. The summed E-state index contributed by atoms with van der Waals surface area (Å²) in [6.45, 7) is 0. The van der Waals surface area contributed by atoms with Gasteiger partial charge in [0, 0.05) is 6.42 Å². The number of aliphatic carboxylic acids is 1. The highest BCUT2D eigenvalue weighted by Gasteiger charge is 2.47. The minimum atomic E-state index is -1.75. The van der Waals surface area contributed by atoms with Crippen molar-refractivity contribution in [1.82, 2.24) is 0 Å². The highest BCUT2D eigenvalue weighted by atomic mass is 16.6. The number of carbonyl (C=O) groups excluding carboxylic acids is 1. The van der Waals surface area contributed by atoms with Crippen LogP contribution >= 0.6 is 0 Å². The van der Waals surface area contributed by atoms with Crippen LogP contribution in [0.2, 0.25) is 0 Å². The van der Waals surface area contributed by atoms with Crippen molar-refractivity contribution in [3.8, 4) is 5.75 Å². The highest BCUT2D eigenvalue weighted by Crippen LogP contribution is 2.29. The van der Waals surface area contributed by atoms with Crippen molar-refractivity contribution < 1.29 is 39.9 Å². The van der Waals surface area contributed by atoms with E-state index in [0.29, 0.717) is 0 Å². The lowest BCUT2D eigenvalue weighted by Gasteiger charge is -2.38. The molecule has 0 saturated heterocycles. The molecule has 0 radical (unpaired) electrons.